The second kappa shape index (κ2) is 4.52. The quantitative estimate of drug-likeness (QED) is 0.808. The van der Waals surface area contributed by atoms with E-state index in [1.807, 2.05) is 0 Å². The molecule has 3 N–H and O–H groups in total. The molecule has 102 valence electrons. The lowest BCUT2D eigenvalue weighted by Gasteiger charge is -2.14. The molecular formula is C8H6F6N2O2. The van der Waals surface area contributed by atoms with Crippen LogP contribution in [0.3, 0.4) is 0 Å². The molecule has 1 heterocycles. The predicted molar refractivity (Wildman–Crippen MR) is 46.6 cm³/mol. The fraction of sp³-hybridized carbons (Fsp3) is 0.375. The van der Waals surface area contributed by atoms with Crippen LogP contribution in [0, 0.1) is 0 Å². The van der Waals surface area contributed by atoms with Gasteiger partial charge < -0.3 is 15.5 Å². The highest BCUT2D eigenvalue weighted by Gasteiger charge is 2.38. The third-order valence-electron chi connectivity index (χ3n) is 1.80. The smallest absolute Gasteiger partial charge is 0.390 e. The van der Waals surface area contributed by atoms with Gasteiger partial charge in [-0.1, -0.05) is 0 Å². The Labute approximate surface area is 95.4 Å². The number of aromatic nitrogens is 1. The second-order valence-electron chi connectivity index (χ2n) is 3.10. The number of nitrogens with one attached hydrogen (secondary N) is 1. The van der Waals surface area contributed by atoms with E-state index in [9.17, 15) is 31.1 Å². The molecule has 1 rings (SSSR count). The first kappa shape index (κ1) is 14.4. The summed E-state index contributed by atoms with van der Waals surface area (Å²) in [6.45, 7) is -0.793. The minimum Gasteiger partial charge on any atom is -0.390 e. The highest BCUT2D eigenvalue weighted by atomic mass is 19.4. The summed E-state index contributed by atoms with van der Waals surface area (Å²) in [4.78, 5) is 12.8. The third kappa shape index (κ3) is 3.39. The van der Waals surface area contributed by atoms with Crippen LogP contribution in [0.25, 0.3) is 0 Å². The second-order valence-corrected chi connectivity index (χ2v) is 3.10. The molecule has 18 heavy (non-hydrogen) atoms. The monoisotopic (exact) mass is 276 g/mol. The Kier molecular flexibility index (Phi) is 3.60. The van der Waals surface area contributed by atoms with E-state index in [1.165, 1.54) is 0 Å². The molecule has 4 nitrogen and oxygen atoms in total. The minimum absolute atomic E-state index is 0.0650. The zero-order valence-corrected chi connectivity index (χ0v) is 8.45. The van der Waals surface area contributed by atoms with Crippen molar-refractivity contribution in [3.63, 3.8) is 0 Å². The van der Waals surface area contributed by atoms with Gasteiger partial charge in [0.1, 0.15) is 5.56 Å². The lowest BCUT2D eigenvalue weighted by Crippen LogP contribution is -2.26. The van der Waals surface area contributed by atoms with Crippen molar-refractivity contribution in [1.29, 1.82) is 0 Å². The summed E-state index contributed by atoms with van der Waals surface area (Å²) in [5.74, 6) is -1.15. The molecule has 0 aliphatic carbocycles. The highest BCUT2D eigenvalue weighted by molar-refractivity contribution is 5.28. The van der Waals surface area contributed by atoms with Gasteiger partial charge in [-0.15, -0.1) is 13.2 Å². The number of H-pyrrole nitrogens is 1. The van der Waals surface area contributed by atoms with Gasteiger partial charge in [-0.25, -0.2) is 0 Å². The van der Waals surface area contributed by atoms with Gasteiger partial charge in [-0.05, 0) is 0 Å². The standard InChI is InChI=1S/C8H6F6N2O2/c9-7(10,11)6-3(2-15)16-5(1-4(6)17)18-8(12,13)14/h1H,2,15H2,(H,16,17). The number of ether oxygens (including phenoxy) is 1. The lowest BCUT2D eigenvalue weighted by atomic mass is 10.1. The molecule has 0 saturated heterocycles. The van der Waals surface area contributed by atoms with Gasteiger partial charge in [0, 0.05) is 18.3 Å². The van der Waals surface area contributed by atoms with Crippen LogP contribution in [0.15, 0.2) is 10.9 Å². The van der Waals surface area contributed by atoms with E-state index in [2.05, 4.69) is 4.74 Å². The van der Waals surface area contributed by atoms with Crippen molar-refractivity contribution in [3.8, 4) is 5.88 Å². The molecule has 0 aromatic carbocycles. The van der Waals surface area contributed by atoms with Gasteiger partial charge in [0.25, 0.3) is 0 Å². The fourth-order valence-electron chi connectivity index (χ4n) is 1.23. The van der Waals surface area contributed by atoms with Crippen LogP contribution in [0.1, 0.15) is 11.3 Å². The van der Waals surface area contributed by atoms with Gasteiger partial charge in [0.2, 0.25) is 5.88 Å². The van der Waals surface area contributed by atoms with Crippen molar-refractivity contribution in [1.82, 2.24) is 4.98 Å². The molecule has 0 spiro atoms. The Morgan fingerprint density at radius 2 is 1.78 bits per heavy atom. The summed E-state index contributed by atoms with van der Waals surface area (Å²) in [7, 11) is 0. The molecule has 0 amide bonds. The van der Waals surface area contributed by atoms with Crippen molar-refractivity contribution in [2.45, 2.75) is 19.1 Å². The summed E-state index contributed by atoms with van der Waals surface area (Å²) in [6.07, 6.45) is -10.1. The van der Waals surface area contributed by atoms with Crippen LogP contribution in [0.5, 0.6) is 5.88 Å². The zero-order chi connectivity index (χ0) is 14.1. The zero-order valence-electron chi connectivity index (χ0n) is 8.45. The van der Waals surface area contributed by atoms with Gasteiger partial charge in [0.05, 0.1) is 0 Å². The normalized spacial score (nSPS) is 12.6. The number of hydrogen-bond donors (Lipinski definition) is 2. The van der Waals surface area contributed by atoms with Crippen molar-refractivity contribution in [2.24, 2.45) is 5.73 Å². The summed E-state index contributed by atoms with van der Waals surface area (Å²) in [6, 6.07) is 0.0650. The van der Waals surface area contributed by atoms with Crippen molar-refractivity contribution in [2.75, 3.05) is 0 Å². The predicted octanol–water partition coefficient (Wildman–Crippen LogP) is 1.75. The Morgan fingerprint density at radius 1 is 1.22 bits per heavy atom. The number of pyridine rings is 1. The first-order valence-electron chi connectivity index (χ1n) is 4.34. The maximum Gasteiger partial charge on any atom is 0.574 e. The average Bonchev–Trinajstić information content (AvgIpc) is 2.11. The first-order valence-corrected chi connectivity index (χ1v) is 4.34. The fourth-order valence-corrected chi connectivity index (χ4v) is 1.23. The maximum atomic E-state index is 12.4. The summed E-state index contributed by atoms with van der Waals surface area (Å²) < 4.78 is 76.1. The van der Waals surface area contributed by atoms with Crippen molar-refractivity contribution in [3.05, 3.63) is 27.5 Å². The molecule has 0 aliphatic heterocycles. The molecule has 1 aromatic heterocycles. The molecule has 0 bridgehead atoms. The summed E-state index contributed by atoms with van der Waals surface area (Å²) in [5.41, 5.74) is 0.770. The molecule has 0 aliphatic rings. The number of nitrogens with two attached hydrogens (primary N) is 1. The molecule has 10 heteroatoms. The van der Waals surface area contributed by atoms with Gasteiger partial charge in [-0.3, -0.25) is 4.79 Å². The molecule has 1 aromatic rings. The van der Waals surface area contributed by atoms with E-state index in [0.29, 0.717) is 0 Å². The lowest BCUT2D eigenvalue weighted by molar-refractivity contribution is -0.276. The van der Waals surface area contributed by atoms with Gasteiger partial charge in [0.15, 0.2) is 5.43 Å². The molecule has 0 fully saturated rings. The SMILES string of the molecule is NCc1[nH]c(OC(F)(F)F)cc(=O)c1C(F)(F)F. The molecule has 0 saturated carbocycles. The van der Waals surface area contributed by atoms with E-state index < -0.39 is 41.6 Å². The molecular weight excluding hydrogens is 270 g/mol. The summed E-state index contributed by atoms with van der Waals surface area (Å²) in [5, 5.41) is 0. The first-order chi connectivity index (χ1) is 8.04. The van der Waals surface area contributed by atoms with E-state index in [1.54, 1.807) is 4.98 Å². The van der Waals surface area contributed by atoms with Crippen LogP contribution in [-0.2, 0) is 12.7 Å². The third-order valence-corrected chi connectivity index (χ3v) is 1.80. The van der Waals surface area contributed by atoms with E-state index >= 15 is 0 Å². The Hall–Kier alpha value is -1.71. The average molecular weight is 276 g/mol. The minimum atomic E-state index is -5.13. The number of rotatable bonds is 2. The highest BCUT2D eigenvalue weighted by Crippen LogP contribution is 2.30. The maximum absolute atomic E-state index is 12.4. The van der Waals surface area contributed by atoms with Gasteiger partial charge >= 0.3 is 12.5 Å². The topological polar surface area (TPSA) is 68.1 Å². The number of alkyl halides is 6. The Bertz CT molecular complexity index is 490. The van der Waals surface area contributed by atoms with Crippen LogP contribution in [0.2, 0.25) is 0 Å². The Balaban J connectivity index is 3.33. The summed E-state index contributed by atoms with van der Waals surface area (Å²) >= 11 is 0. The Morgan fingerprint density at radius 3 is 2.17 bits per heavy atom. The van der Waals surface area contributed by atoms with Crippen LogP contribution < -0.4 is 15.9 Å². The van der Waals surface area contributed by atoms with Crippen molar-refractivity contribution < 1.29 is 31.1 Å². The molecule has 0 radical (unpaired) electrons. The van der Waals surface area contributed by atoms with Gasteiger partial charge in [-0.2, -0.15) is 13.2 Å². The van der Waals surface area contributed by atoms with Crippen molar-refractivity contribution >= 4 is 0 Å². The van der Waals surface area contributed by atoms with E-state index in [4.69, 9.17) is 5.73 Å². The number of aromatic amines is 1. The van der Waals surface area contributed by atoms with Crippen LogP contribution in [0.4, 0.5) is 26.3 Å². The largest absolute Gasteiger partial charge is 0.574 e. The molecule has 0 atom stereocenters. The number of halogens is 6. The van der Waals surface area contributed by atoms with Crippen LogP contribution in [-0.4, -0.2) is 11.3 Å². The van der Waals surface area contributed by atoms with Crippen LogP contribution >= 0.6 is 0 Å². The molecule has 0 unspecified atom stereocenters. The number of hydrogen-bond acceptors (Lipinski definition) is 3. The van der Waals surface area contributed by atoms with E-state index in [0.717, 1.165) is 0 Å². The van der Waals surface area contributed by atoms with E-state index in [-0.39, 0.29) is 6.07 Å².